The summed E-state index contributed by atoms with van der Waals surface area (Å²) < 4.78 is 15.5. The number of piperidine rings is 1. The van der Waals surface area contributed by atoms with E-state index in [9.17, 15) is 13.8 Å². The second-order valence-electron chi connectivity index (χ2n) is 7.58. The van der Waals surface area contributed by atoms with E-state index >= 15 is 0 Å². The number of likely N-dealkylation sites (tertiary alicyclic amines) is 1. The second-order valence-corrected chi connectivity index (χ2v) is 7.89. The monoisotopic (exact) mass is 356 g/mol. The predicted molar refractivity (Wildman–Crippen MR) is 87.1 cm³/mol. The molecule has 4 fully saturated rings. The summed E-state index contributed by atoms with van der Waals surface area (Å²) in [7, 11) is 0. The van der Waals surface area contributed by atoms with E-state index in [2.05, 4.69) is 17.1 Å². The molecule has 3 saturated heterocycles. The third-order valence-electron chi connectivity index (χ3n) is 6.02. The fourth-order valence-corrected chi connectivity index (χ4v) is 5.09. The highest BCUT2D eigenvalue weighted by Gasteiger charge is 2.53. The van der Waals surface area contributed by atoms with Gasteiger partial charge in [0.05, 0.1) is 6.04 Å². The maximum absolute atomic E-state index is 12.6. The summed E-state index contributed by atoms with van der Waals surface area (Å²) in [6, 6.07) is -0.663. The summed E-state index contributed by atoms with van der Waals surface area (Å²) in [5, 5.41) is 4.27. The van der Waals surface area contributed by atoms with Crippen molar-refractivity contribution < 1.29 is 18.1 Å². The highest BCUT2D eigenvalue weighted by molar-refractivity contribution is 7.60. The van der Waals surface area contributed by atoms with E-state index in [1.54, 1.807) is 4.90 Å². The first-order valence-electron chi connectivity index (χ1n) is 8.67. The van der Waals surface area contributed by atoms with Crippen molar-refractivity contribution in [3.05, 3.63) is 0 Å². The van der Waals surface area contributed by atoms with Crippen LogP contribution in [0.5, 0.6) is 0 Å². The van der Waals surface area contributed by atoms with Crippen molar-refractivity contribution in [2.24, 2.45) is 5.41 Å². The average Bonchev–Trinajstić information content (AvgIpc) is 2.73. The van der Waals surface area contributed by atoms with Crippen molar-refractivity contribution in [2.75, 3.05) is 26.2 Å². The van der Waals surface area contributed by atoms with E-state index in [1.165, 1.54) is 0 Å². The van der Waals surface area contributed by atoms with Crippen LogP contribution in [-0.2, 0) is 21.0 Å². The molecule has 0 aromatic carbocycles. The minimum absolute atomic E-state index is 0.0603. The number of fused-ring (bicyclic) bond motifs is 2. The summed E-state index contributed by atoms with van der Waals surface area (Å²) in [6.07, 6.45) is 3.40. The number of hydrogen-bond acceptors (Lipinski definition) is 5. The molecule has 2 bridgehead atoms. The van der Waals surface area contributed by atoms with E-state index in [0.29, 0.717) is 24.8 Å². The predicted octanol–water partition coefficient (Wildman–Crippen LogP) is -0.353. The van der Waals surface area contributed by atoms with Gasteiger partial charge in [-0.15, -0.1) is 0 Å². The number of amides is 3. The largest absolute Gasteiger partial charge is 0.352 e. The van der Waals surface area contributed by atoms with Gasteiger partial charge in [-0.2, -0.15) is 9.35 Å². The Morgan fingerprint density at radius 1 is 1.38 bits per heavy atom. The van der Waals surface area contributed by atoms with Crippen LogP contribution in [0.3, 0.4) is 0 Å². The maximum atomic E-state index is 12.6. The Balaban J connectivity index is 1.30. The number of nitrogens with one attached hydrogen (secondary N) is 1. The molecule has 4 rings (SSSR count). The van der Waals surface area contributed by atoms with Crippen LogP contribution < -0.4 is 5.32 Å². The van der Waals surface area contributed by atoms with Gasteiger partial charge in [-0.25, -0.2) is 9.00 Å². The van der Waals surface area contributed by atoms with Crippen LogP contribution in [0.1, 0.15) is 32.6 Å². The molecule has 1 N–H and O–H groups in total. The van der Waals surface area contributed by atoms with Crippen molar-refractivity contribution >= 4 is 23.9 Å². The van der Waals surface area contributed by atoms with Crippen LogP contribution in [-0.4, -0.2) is 75.3 Å². The van der Waals surface area contributed by atoms with Crippen molar-refractivity contribution in [3.63, 3.8) is 0 Å². The Morgan fingerprint density at radius 2 is 2.12 bits per heavy atom. The molecule has 1 saturated carbocycles. The van der Waals surface area contributed by atoms with Crippen LogP contribution in [0, 0.1) is 5.41 Å². The number of rotatable bonds is 5. The van der Waals surface area contributed by atoms with Gasteiger partial charge in [0.25, 0.3) is 0 Å². The lowest BCUT2D eigenvalue weighted by molar-refractivity contribution is -0.131. The summed E-state index contributed by atoms with van der Waals surface area (Å²) >= 11 is -0.542. The summed E-state index contributed by atoms with van der Waals surface area (Å²) in [5.74, 6) is -0.0603. The third kappa shape index (κ3) is 2.53. The minimum Gasteiger partial charge on any atom is -0.352 e. The van der Waals surface area contributed by atoms with Crippen LogP contribution in [0.15, 0.2) is 0 Å². The molecule has 24 heavy (non-hydrogen) atoms. The molecule has 3 aliphatic heterocycles. The summed E-state index contributed by atoms with van der Waals surface area (Å²) in [4.78, 5) is 28.9. The highest BCUT2D eigenvalue weighted by Crippen LogP contribution is 2.48. The van der Waals surface area contributed by atoms with Gasteiger partial charge >= 0.3 is 6.03 Å². The summed E-state index contributed by atoms with van der Waals surface area (Å²) in [5.41, 5.74) is 0.424. The first-order valence-corrected chi connectivity index (χ1v) is 9.40. The number of nitrogens with zero attached hydrogens (tertiary/aromatic N) is 3. The molecular weight excluding hydrogens is 332 g/mol. The van der Waals surface area contributed by atoms with E-state index < -0.39 is 18.0 Å². The molecule has 3 heterocycles. The maximum Gasteiger partial charge on any atom is 0.346 e. The van der Waals surface area contributed by atoms with E-state index in [1.807, 2.05) is 0 Å². The van der Waals surface area contributed by atoms with Gasteiger partial charge in [0, 0.05) is 25.7 Å². The lowest BCUT2D eigenvalue weighted by atomic mass is 9.60. The van der Waals surface area contributed by atoms with E-state index in [0.717, 1.165) is 37.5 Å². The van der Waals surface area contributed by atoms with E-state index in [4.69, 9.17) is 4.28 Å². The quantitative estimate of drug-likeness (QED) is 0.658. The minimum atomic E-state index is -0.542. The molecule has 1 spiro atoms. The van der Waals surface area contributed by atoms with Gasteiger partial charge < -0.3 is 15.1 Å². The van der Waals surface area contributed by atoms with Crippen LogP contribution >= 0.6 is 0 Å². The van der Waals surface area contributed by atoms with Gasteiger partial charge in [0.2, 0.25) is 5.91 Å². The molecule has 0 aromatic heterocycles. The van der Waals surface area contributed by atoms with E-state index in [-0.39, 0.29) is 24.0 Å². The molecular formula is C15H24N4O4S. The van der Waals surface area contributed by atoms with Crippen molar-refractivity contribution in [2.45, 2.75) is 50.7 Å². The Morgan fingerprint density at radius 3 is 2.79 bits per heavy atom. The zero-order valence-electron chi connectivity index (χ0n) is 13.8. The van der Waals surface area contributed by atoms with Crippen molar-refractivity contribution in [1.82, 2.24) is 20.2 Å². The number of urea groups is 1. The number of hydroxylamine groups is 2. The summed E-state index contributed by atoms with van der Waals surface area (Å²) in [6.45, 7) is 6.03. The molecule has 0 radical (unpaired) electrons. The highest BCUT2D eigenvalue weighted by atomic mass is 32.2. The second kappa shape index (κ2) is 5.96. The smallest absolute Gasteiger partial charge is 0.346 e. The topological polar surface area (TPSA) is 82.2 Å². The lowest BCUT2D eigenvalue weighted by Crippen LogP contribution is -2.67. The zero-order valence-corrected chi connectivity index (χ0v) is 14.7. The standard InChI is InChI=1S/C15H24N4O4S/c1-2-17-8-15(9-17)5-10(6-15)16-13(20)12-4-3-11-7-18(12)14(21)19(11)23-24-22/h10-12,24H,2-9H2,1H3,(H,16,20)/t11-,12?/m1/s1. The molecule has 134 valence electrons. The Kier molecular flexibility index (Phi) is 4.04. The Labute approximate surface area is 145 Å². The number of carbonyl (C=O) groups is 2. The molecule has 0 aromatic rings. The molecule has 8 nitrogen and oxygen atoms in total. The number of hydrogen-bond donors (Lipinski definition) is 2. The first-order chi connectivity index (χ1) is 11.5. The Hall–Kier alpha value is -1.19. The molecule has 9 heteroatoms. The molecule has 4 aliphatic rings. The molecule has 3 amide bonds. The van der Waals surface area contributed by atoms with Gasteiger partial charge in [-0.1, -0.05) is 6.92 Å². The fraction of sp³-hybridized carbons (Fsp3) is 0.867. The van der Waals surface area contributed by atoms with Crippen molar-refractivity contribution in [3.8, 4) is 0 Å². The van der Waals surface area contributed by atoms with Crippen LogP contribution in [0.4, 0.5) is 4.79 Å². The van der Waals surface area contributed by atoms with Crippen LogP contribution in [0.2, 0.25) is 0 Å². The van der Waals surface area contributed by atoms with Gasteiger partial charge in [0.1, 0.15) is 6.04 Å². The average molecular weight is 356 g/mol. The first kappa shape index (κ1) is 16.3. The third-order valence-corrected chi connectivity index (χ3v) is 6.26. The molecule has 1 unspecified atom stereocenters. The van der Waals surface area contributed by atoms with Crippen LogP contribution in [0.25, 0.3) is 0 Å². The SMILES string of the molecule is CCN1CC2(CC(NC(=O)C3CC[C@@H]4CN3C(=O)N4O[SH]=O)C2)C1. The zero-order chi connectivity index (χ0) is 16.9. The number of thiol groups is 1. The fourth-order valence-electron chi connectivity index (χ4n) is 4.82. The van der Waals surface area contributed by atoms with Gasteiger partial charge in [-0.3, -0.25) is 4.79 Å². The molecule has 2 atom stereocenters. The molecule has 1 aliphatic carbocycles. The Bertz CT molecular complexity index is 560. The normalized spacial score (nSPS) is 32.0. The van der Waals surface area contributed by atoms with Gasteiger partial charge in [-0.05, 0) is 37.6 Å². The lowest BCUT2D eigenvalue weighted by Gasteiger charge is -2.59. The van der Waals surface area contributed by atoms with Crippen molar-refractivity contribution in [1.29, 1.82) is 0 Å². The van der Waals surface area contributed by atoms with Gasteiger partial charge in [0.15, 0.2) is 11.9 Å². The number of carbonyl (C=O) groups excluding carboxylic acids is 2.